The van der Waals surface area contributed by atoms with Crippen LogP contribution >= 0.6 is 23.1 Å². The molecule has 2 heterocycles. The molecule has 0 unspecified atom stereocenters. The molecule has 0 amide bonds. The Kier molecular flexibility index (Phi) is 8.03. The van der Waals surface area contributed by atoms with Crippen LogP contribution in [0.25, 0.3) is 0 Å². The molecule has 0 aliphatic carbocycles. The van der Waals surface area contributed by atoms with Gasteiger partial charge in [-0.25, -0.2) is 9.78 Å². The number of carbonyl (C=O) groups is 2. The Bertz CT molecular complexity index is 453. The van der Waals surface area contributed by atoms with Crippen LogP contribution in [-0.4, -0.2) is 47.4 Å². The van der Waals surface area contributed by atoms with E-state index in [9.17, 15) is 14.7 Å². The molecule has 0 bridgehead atoms. The second kappa shape index (κ2) is 9.54. The molecule has 1 aromatic rings. The van der Waals surface area contributed by atoms with Crippen LogP contribution in [0, 0.1) is 0 Å². The highest BCUT2D eigenvalue weighted by molar-refractivity contribution is 8.01. The standard InChI is InChI=1S/C9H14N2S2.C4H4O4/c1-11-5-2-8(3-6-11)13-9-10-4-7-12-9;5-3(6)1-2-4(7)8/h4,7-8H,2-3,5-6H2,1H3;1-2H,(H,5,6)(H,7,8)/b;2-1+. The first kappa shape index (κ1) is 17.7. The van der Waals surface area contributed by atoms with Gasteiger partial charge in [-0.1, -0.05) is 11.8 Å². The second-order valence-corrected chi connectivity index (χ2v) is 7.00. The normalized spacial score (nSPS) is 21.6. The minimum Gasteiger partial charge on any atom is -0.545 e. The third-order valence-corrected chi connectivity index (χ3v) is 5.08. The monoisotopic (exact) mass is 330 g/mol. The van der Waals surface area contributed by atoms with E-state index in [-0.39, 0.29) is 0 Å². The summed E-state index contributed by atoms with van der Waals surface area (Å²) in [7, 11) is 2.28. The molecule has 0 radical (unpaired) electrons. The van der Waals surface area contributed by atoms with Gasteiger partial charge in [0.1, 0.15) is 4.34 Å². The maximum Gasteiger partial charge on any atom is 0.328 e. The van der Waals surface area contributed by atoms with Crippen LogP contribution in [0.5, 0.6) is 0 Å². The quantitative estimate of drug-likeness (QED) is 0.708. The fourth-order valence-electron chi connectivity index (χ4n) is 1.75. The number of carboxylic acid groups (broad SMARTS) is 2. The van der Waals surface area contributed by atoms with Crippen molar-refractivity contribution >= 4 is 35.0 Å². The highest BCUT2D eigenvalue weighted by Gasteiger charge is 2.20. The molecular weight excluding hydrogens is 312 g/mol. The fourth-order valence-corrected chi connectivity index (χ4v) is 3.79. The predicted molar refractivity (Wildman–Crippen MR) is 79.4 cm³/mol. The first-order chi connectivity index (χ1) is 9.97. The van der Waals surface area contributed by atoms with Crippen LogP contribution in [-0.2, 0) is 9.59 Å². The van der Waals surface area contributed by atoms with Gasteiger partial charge in [0.05, 0.1) is 26.1 Å². The number of nitrogens with one attached hydrogen (secondary N) is 1. The van der Waals surface area contributed by atoms with E-state index in [1.165, 1.54) is 30.3 Å². The maximum atomic E-state index is 9.53. The summed E-state index contributed by atoms with van der Waals surface area (Å²) in [4.78, 5) is 24.9. The number of likely N-dealkylation sites (tertiary alicyclic amines) is 1. The highest BCUT2D eigenvalue weighted by atomic mass is 32.2. The number of aliphatic carboxylic acids is 2. The summed E-state index contributed by atoms with van der Waals surface area (Å²) in [5, 5.41) is 20.1. The lowest BCUT2D eigenvalue weighted by molar-refractivity contribution is -0.884. The van der Waals surface area contributed by atoms with E-state index in [1.807, 2.05) is 18.0 Å². The van der Waals surface area contributed by atoms with Crippen molar-refractivity contribution < 1.29 is 24.7 Å². The molecule has 21 heavy (non-hydrogen) atoms. The molecule has 2 rings (SSSR count). The van der Waals surface area contributed by atoms with Gasteiger partial charge >= 0.3 is 5.97 Å². The number of aromatic nitrogens is 1. The average molecular weight is 330 g/mol. The molecule has 1 fully saturated rings. The lowest BCUT2D eigenvalue weighted by Gasteiger charge is -2.25. The first-order valence-corrected chi connectivity index (χ1v) is 8.22. The minimum absolute atomic E-state index is 0.447. The van der Waals surface area contributed by atoms with Crippen LogP contribution in [0.1, 0.15) is 12.8 Å². The van der Waals surface area contributed by atoms with Crippen molar-refractivity contribution in [3.05, 3.63) is 23.7 Å². The Morgan fingerprint density at radius 1 is 1.48 bits per heavy atom. The zero-order chi connectivity index (χ0) is 15.7. The summed E-state index contributed by atoms with van der Waals surface area (Å²) in [5.74, 6) is -2.80. The van der Waals surface area contributed by atoms with Gasteiger partial charge in [-0.2, -0.15) is 0 Å². The third-order valence-electron chi connectivity index (χ3n) is 2.83. The van der Waals surface area contributed by atoms with Gasteiger partial charge in [0, 0.05) is 35.7 Å². The minimum atomic E-state index is -1.51. The van der Waals surface area contributed by atoms with Crippen molar-refractivity contribution in [3.63, 3.8) is 0 Å². The number of rotatable bonds is 4. The molecule has 1 aliphatic rings. The Morgan fingerprint density at radius 3 is 2.57 bits per heavy atom. The van der Waals surface area contributed by atoms with Gasteiger partial charge in [-0.15, -0.1) is 11.3 Å². The van der Waals surface area contributed by atoms with E-state index in [0.29, 0.717) is 12.2 Å². The Hall–Kier alpha value is -1.38. The summed E-state index contributed by atoms with van der Waals surface area (Å²) in [5.41, 5.74) is 0. The van der Waals surface area contributed by atoms with E-state index in [4.69, 9.17) is 5.11 Å². The van der Waals surface area contributed by atoms with Gasteiger partial charge < -0.3 is 19.9 Å². The van der Waals surface area contributed by atoms with Gasteiger partial charge in [0.2, 0.25) is 0 Å². The Morgan fingerprint density at radius 2 is 2.14 bits per heavy atom. The number of carbonyl (C=O) groups excluding carboxylic acids is 1. The van der Waals surface area contributed by atoms with Crippen LogP contribution in [0.4, 0.5) is 0 Å². The molecule has 8 heteroatoms. The number of hydrogen-bond acceptors (Lipinski definition) is 6. The molecule has 1 saturated heterocycles. The molecule has 0 atom stereocenters. The van der Waals surface area contributed by atoms with E-state index in [1.54, 1.807) is 16.2 Å². The number of piperidine rings is 1. The zero-order valence-corrected chi connectivity index (χ0v) is 13.3. The lowest BCUT2D eigenvalue weighted by atomic mass is 10.1. The summed E-state index contributed by atoms with van der Waals surface area (Å²) in [6, 6.07) is 0. The van der Waals surface area contributed by atoms with Crippen LogP contribution in [0.15, 0.2) is 28.1 Å². The van der Waals surface area contributed by atoms with Gasteiger partial charge in [0.15, 0.2) is 0 Å². The number of quaternary nitrogens is 1. The largest absolute Gasteiger partial charge is 0.545 e. The van der Waals surface area contributed by atoms with Crippen molar-refractivity contribution in [1.29, 1.82) is 0 Å². The third kappa shape index (κ3) is 8.49. The van der Waals surface area contributed by atoms with E-state index >= 15 is 0 Å². The first-order valence-electron chi connectivity index (χ1n) is 6.47. The Labute approximate surface area is 131 Å². The van der Waals surface area contributed by atoms with Crippen molar-refractivity contribution in [2.24, 2.45) is 0 Å². The summed E-state index contributed by atoms with van der Waals surface area (Å²) in [6.07, 6.45) is 5.52. The van der Waals surface area contributed by atoms with Gasteiger partial charge in [-0.05, 0) is 6.08 Å². The number of thiazole rings is 1. The molecule has 1 aliphatic heterocycles. The molecule has 2 N–H and O–H groups in total. The average Bonchev–Trinajstić information content (AvgIpc) is 2.93. The summed E-state index contributed by atoms with van der Waals surface area (Å²) >= 11 is 3.73. The zero-order valence-electron chi connectivity index (χ0n) is 11.7. The van der Waals surface area contributed by atoms with Crippen LogP contribution < -0.4 is 10.0 Å². The van der Waals surface area contributed by atoms with E-state index < -0.39 is 11.9 Å². The van der Waals surface area contributed by atoms with Crippen molar-refractivity contribution in [2.75, 3.05) is 20.1 Å². The molecule has 0 saturated carbocycles. The highest BCUT2D eigenvalue weighted by Crippen LogP contribution is 2.29. The van der Waals surface area contributed by atoms with Crippen LogP contribution in [0.3, 0.4) is 0 Å². The molecule has 6 nitrogen and oxygen atoms in total. The molecule has 0 spiro atoms. The smallest absolute Gasteiger partial charge is 0.328 e. The molecule has 1 aromatic heterocycles. The number of hydrogen-bond donors (Lipinski definition) is 2. The fraction of sp³-hybridized carbons (Fsp3) is 0.462. The topological polar surface area (TPSA) is 94.8 Å². The molecular formula is C13H18N2O4S2. The van der Waals surface area contributed by atoms with Crippen molar-refractivity contribution in [2.45, 2.75) is 22.4 Å². The second-order valence-electron chi connectivity index (χ2n) is 4.56. The van der Waals surface area contributed by atoms with Gasteiger partial charge in [0.25, 0.3) is 0 Å². The van der Waals surface area contributed by atoms with Crippen molar-refractivity contribution in [3.8, 4) is 0 Å². The summed E-state index contributed by atoms with van der Waals surface area (Å²) < 4.78 is 1.24. The number of carboxylic acids is 2. The van der Waals surface area contributed by atoms with E-state index in [2.05, 4.69) is 17.4 Å². The number of thioether (sulfide) groups is 1. The SMILES string of the molecule is C[NH+]1CCC(Sc2nccs2)CC1.O=C([O-])/C=C/C(=O)O. The Balaban J connectivity index is 0.000000240. The van der Waals surface area contributed by atoms with Crippen molar-refractivity contribution in [1.82, 2.24) is 4.98 Å². The maximum absolute atomic E-state index is 9.53. The number of nitrogens with zero attached hydrogens (tertiary/aromatic N) is 1. The predicted octanol–water partition coefficient (Wildman–Crippen LogP) is -0.711. The van der Waals surface area contributed by atoms with E-state index in [0.717, 1.165) is 5.25 Å². The van der Waals surface area contributed by atoms with Gasteiger partial charge in [-0.3, -0.25) is 0 Å². The van der Waals surface area contributed by atoms with Crippen LogP contribution in [0.2, 0.25) is 0 Å². The summed E-state index contributed by atoms with van der Waals surface area (Å²) in [6.45, 7) is 2.64. The molecule has 116 valence electrons. The molecule has 0 aromatic carbocycles. The lowest BCUT2D eigenvalue weighted by Crippen LogP contribution is -3.10.